The second kappa shape index (κ2) is 8.58. The Morgan fingerprint density at radius 3 is 2.83 bits per heavy atom. The van der Waals surface area contributed by atoms with Gasteiger partial charge in [0.2, 0.25) is 5.91 Å². The van der Waals surface area contributed by atoms with Crippen LogP contribution in [-0.2, 0) is 9.53 Å². The molecule has 1 fully saturated rings. The Morgan fingerprint density at radius 1 is 1.42 bits per heavy atom. The maximum absolute atomic E-state index is 12.3. The number of rotatable bonds is 5. The Bertz CT molecular complexity index is 665. The maximum Gasteiger partial charge on any atom is 0.249 e. The van der Waals surface area contributed by atoms with Gasteiger partial charge in [0, 0.05) is 17.5 Å². The van der Waals surface area contributed by atoms with Gasteiger partial charge in [-0.15, -0.1) is 23.7 Å². The first-order valence-electron chi connectivity index (χ1n) is 7.84. The van der Waals surface area contributed by atoms with E-state index >= 15 is 0 Å². The minimum absolute atomic E-state index is 0. The van der Waals surface area contributed by atoms with Gasteiger partial charge in [-0.25, -0.2) is 4.98 Å². The summed E-state index contributed by atoms with van der Waals surface area (Å²) in [7, 11) is 0. The van der Waals surface area contributed by atoms with Gasteiger partial charge in [-0.3, -0.25) is 4.79 Å². The molecule has 3 atom stereocenters. The van der Waals surface area contributed by atoms with Gasteiger partial charge in [0.15, 0.2) is 0 Å². The van der Waals surface area contributed by atoms with Crippen LogP contribution in [0.15, 0.2) is 35.7 Å². The fourth-order valence-electron chi connectivity index (χ4n) is 2.67. The monoisotopic (exact) mass is 367 g/mol. The first kappa shape index (κ1) is 18.9. The normalized spacial score (nSPS) is 21.1. The Labute approximate surface area is 152 Å². The van der Waals surface area contributed by atoms with Crippen LogP contribution in [0.2, 0.25) is 0 Å². The summed E-state index contributed by atoms with van der Waals surface area (Å²) in [5.41, 5.74) is 7.60. The van der Waals surface area contributed by atoms with E-state index in [1.165, 1.54) is 0 Å². The van der Waals surface area contributed by atoms with E-state index in [1.54, 1.807) is 11.3 Å². The van der Waals surface area contributed by atoms with Crippen LogP contribution in [0.1, 0.15) is 30.8 Å². The number of hydrogen-bond donors (Lipinski definition) is 2. The van der Waals surface area contributed by atoms with E-state index in [0.717, 1.165) is 29.1 Å². The molecule has 1 aliphatic heterocycles. The summed E-state index contributed by atoms with van der Waals surface area (Å²) in [6.07, 6.45) is 1.19. The van der Waals surface area contributed by atoms with Crippen LogP contribution in [0.3, 0.4) is 0 Å². The number of aromatic nitrogens is 1. The average Bonchev–Trinajstić information content (AvgIpc) is 3.25. The van der Waals surface area contributed by atoms with Crippen molar-refractivity contribution < 1.29 is 9.53 Å². The van der Waals surface area contributed by atoms with Crippen LogP contribution < -0.4 is 11.1 Å². The topological polar surface area (TPSA) is 77.2 Å². The lowest BCUT2D eigenvalue weighted by Gasteiger charge is -2.16. The molecule has 0 spiro atoms. The van der Waals surface area contributed by atoms with E-state index in [1.807, 2.05) is 42.6 Å². The van der Waals surface area contributed by atoms with Gasteiger partial charge in [0.1, 0.15) is 11.1 Å². The standard InChI is InChI=1S/C17H21N3O2S.ClH/c1-11(19-16(21)15-8-7-13(9-18)22-15)17-20-14(10-23-17)12-5-3-2-4-6-12;/h2-6,10-11,13,15H,7-9,18H2,1H3,(H,19,21);1H/t11?,13-,15+;/m1./s1. The van der Waals surface area contributed by atoms with Gasteiger partial charge < -0.3 is 15.8 Å². The number of nitrogens with two attached hydrogens (primary N) is 1. The largest absolute Gasteiger partial charge is 0.364 e. The molecule has 3 rings (SSSR count). The van der Waals surface area contributed by atoms with Crippen LogP contribution in [0.5, 0.6) is 0 Å². The molecule has 2 heterocycles. The molecule has 1 unspecified atom stereocenters. The van der Waals surface area contributed by atoms with Crippen LogP contribution in [0.25, 0.3) is 11.3 Å². The number of amides is 1. The fraction of sp³-hybridized carbons (Fsp3) is 0.412. The van der Waals surface area contributed by atoms with E-state index < -0.39 is 0 Å². The molecular weight excluding hydrogens is 346 g/mol. The van der Waals surface area contributed by atoms with Crippen molar-refractivity contribution in [2.24, 2.45) is 5.73 Å². The van der Waals surface area contributed by atoms with Crippen molar-refractivity contribution in [2.45, 2.75) is 38.0 Å². The van der Waals surface area contributed by atoms with Crippen molar-refractivity contribution in [3.8, 4) is 11.3 Å². The predicted molar refractivity (Wildman–Crippen MR) is 98.3 cm³/mol. The molecule has 2 aromatic rings. The number of carbonyl (C=O) groups excluding carboxylic acids is 1. The molecule has 130 valence electrons. The molecule has 0 aliphatic carbocycles. The Kier molecular flexibility index (Phi) is 6.74. The van der Waals surface area contributed by atoms with E-state index in [2.05, 4.69) is 10.3 Å². The number of halogens is 1. The zero-order valence-electron chi connectivity index (χ0n) is 13.5. The van der Waals surface area contributed by atoms with E-state index in [9.17, 15) is 4.79 Å². The highest BCUT2D eigenvalue weighted by Crippen LogP contribution is 2.26. The zero-order chi connectivity index (χ0) is 16.2. The summed E-state index contributed by atoms with van der Waals surface area (Å²) in [5.74, 6) is -0.0788. The lowest BCUT2D eigenvalue weighted by Crippen LogP contribution is -2.36. The molecule has 1 saturated heterocycles. The molecule has 0 radical (unpaired) electrons. The highest BCUT2D eigenvalue weighted by atomic mass is 35.5. The zero-order valence-corrected chi connectivity index (χ0v) is 15.1. The molecule has 0 saturated carbocycles. The third-order valence-electron chi connectivity index (χ3n) is 3.98. The first-order chi connectivity index (χ1) is 11.2. The maximum atomic E-state index is 12.3. The molecule has 1 aliphatic rings. The fourth-order valence-corrected chi connectivity index (χ4v) is 3.50. The van der Waals surface area contributed by atoms with Crippen molar-refractivity contribution in [1.82, 2.24) is 10.3 Å². The smallest absolute Gasteiger partial charge is 0.249 e. The number of thiazole rings is 1. The summed E-state index contributed by atoms with van der Waals surface area (Å²) in [6.45, 7) is 2.41. The van der Waals surface area contributed by atoms with Crippen molar-refractivity contribution in [1.29, 1.82) is 0 Å². The minimum Gasteiger partial charge on any atom is -0.364 e. The highest BCUT2D eigenvalue weighted by Gasteiger charge is 2.30. The highest BCUT2D eigenvalue weighted by molar-refractivity contribution is 7.10. The number of carbonyl (C=O) groups is 1. The Morgan fingerprint density at radius 2 is 2.17 bits per heavy atom. The molecule has 5 nitrogen and oxygen atoms in total. The predicted octanol–water partition coefficient (Wildman–Crippen LogP) is 2.92. The van der Waals surface area contributed by atoms with Gasteiger partial charge in [-0.2, -0.15) is 0 Å². The molecule has 7 heteroatoms. The van der Waals surface area contributed by atoms with E-state index in [4.69, 9.17) is 10.5 Å². The number of hydrogen-bond acceptors (Lipinski definition) is 5. The van der Waals surface area contributed by atoms with Crippen molar-refractivity contribution in [3.63, 3.8) is 0 Å². The number of nitrogens with zero attached hydrogens (tertiary/aromatic N) is 1. The Hall–Kier alpha value is -1.47. The summed E-state index contributed by atoms with van der Waals surface area (Å²) in [6, 6.07) is 9.89. The van der Waals surface area contributed by atoms with Crippen LogP contribution in [-0.4, -0.2) is 29.6 Å². The summed E-state index contributed by atoms with van der Waals surface area (Å²) >= 11 is 1.56. The summed E-state index contributed by atoms with van der Waals surface area (Å²) in [4.78, 5) is 16.9. The van der Waals surface area contributed by atoms with Crippen molar-refractivity contribution >= 4 is 29.7 Å². The number of benzene rings is 1. The summed E-state index contributed by atoms with van der Waals surface area (Å²) < 4.78 is 5.63. The van der Waals surface area contributed by atoms with Crippen LogP contribution in [0, 0.1) is 0 Å². The first-order valence-corrected chi connectivity index (χ1v) is 8.72. The number of ether oxygens (including phenoxy) is 1. The summed E-state index contributed by atoms with van der Waals surface area (Å²) in [5, 5.41) is 5.90. The second-order valence-electron chi connectivity index (χ2n) is 5.73. The van der Waals surface area contributed by atoms with Gasteiger partial charge in [0.25, 0.3) is 0 Å². The lowest BCUT2D eigenvalue weighted by molar-refractivity contribution is -0.132. The van der Waals surface area contributed by atoms with Crippen molar-refractivity contribution in [2.75, 3.05) is 6.54 Å². The molecule has 0 bridgehead atoms. The Balaban J connectivity index is 0.00000208. The SMILES string of the molecule is CC(NC(=O)[C@@H]1CC[C@H](CN)O1)c1nc(-c2ccccc2)cs1.Cl. The minimum atomic E-state index is -0.389. The number of nitrogens with one attached hydrogen (secondary N) is 1. The second-order valence-corrected chi connectivity index (χ2v) is 6.62. The molecular formula is C17H22ClN3O2S. The van der Waals surface area contributed by atoms with Gasteiger partial charge in [0.05, 0.1) is 17.8 Å². The molecule has 1 aromatic carbocycles. The van der Waals surface area contributed by atoms with Gasteiger partial charge in [-0.1, -0.05) is 30.3 Å². The molecule has 1 amide bonds. The van der Waals surface area contributed by atoms with Crippen molar-refractivity contribution in [3.05, 3.63) is 40.7 Å². The van der Waals surface area contributed by atoms with E-state index in [-0.39, 0.29) is 36.6 Å². The third kappa shape index (κ3) is 4.33. The lowest BCUT2D eigenvalue weighted by atomic mass is 10.2. The molecule has 3 N–H and O–H groups in total. The van der Waals surface area contributed by atoms with Crippen LogP contribution in [0.4, 0.5) is 0 Å². The third-order valence-corrected chi connectivity index (χ3v) is 5.01. The molecule has 1 aromatic heterocycles. The van der Waals surface area contributed by atoms with Gasteiger partial charge in [-0.05, 0) is 19.8 Å². The van der Waals surface area contributed by atoms with E-state index in [0.29, 0.717) is 6.54 Å². The van der Waals surface area contributed by atoms with Gasteiger partial charge >= 0.3 is 0 Å². The average molecular weight is 368 g/mol. The quantitative estimate of drug-likeness (QED) is 0.851. The van der Waals surface area contributed by atoms with Crippen LogP contribution >= 0.6 is 23.7 Å². The molecule has 24 heavy (non-hydrogen) atoms.